The van der Waals surface area contributed by atoms with Crippen molar-refractivity contribution in [2.24, 2.45) is 0 Å². The van der Waals surface area contributed by atoms with E-state index in [0.717, 1.165) is 31.9 Å². The fraction of sp³-hybridized carbons (Fsp3) is 0.524. The van der Waals surface area contributed by atoms with Crippen molar-refractivity contribution in [2.45, 2.75) is 64.3 Å². The Labute approximate surface area is 168 Å². The van der Waals surface area contributed by atoms with E-state index in [2.05, 4.69) is 9.97 Å². The Morgan fingerprint density at radius 3 is 2.45 bits per heavy atom. The highest BCUT2D eigenvalue weighted by Crippen LogP contribution is 2.40. The molecule has 1 saturated carbocycles. The van der Waals surface area contributed by atoms with Crippen LogP contribution in [0.25, 0.3) is 0 Å². The van der Waals surface area contributed by atoms with Gasteiger partial charge >= 0.3 is 12.2 Å². The number of para-hydroxylation sites is 2. The van der Waals surface area contributed by atoms with Crippen LogP contribution in [-0.4, -0.2) is 29.2 Å². The van der Waals surface area contributed by atoms with Gasteiger partial charge in [0.05, 0.1) is 17.9 Å². The summed E-state index contributed by atoms with van der Waals surface area (Å²) in [7, 11) is 1.54. The van der Waals surface area contributed by atoms with E-state index in [1.165, 1.54) is 11.3 Å². The molecular formula is C21H26F3N3O2. The maximum absolute atomic E-state index is 13.6. The summed E-state index contributed by atoms with van der Waals surface area (Å²) in [5.41, 5.74) is -0.415. The first-order chi connectivity index (χ1) is 13.8. The van der Waals surface area contributed by atoms with Crippen LogP contribution < -0.4 is 14.4 Å². The minimum absolute atomic E-state index is 0.0746. The maximum atomic E-state index is 13.6. The van der Waals surface area contributed by atoms with Crippen LogP contribution in [0.1, 0.15) is 51.5 Å². The van der Waals surface area contributed by atoms with Gasteiger partial charge in [-0.2, -0.15) is 18.2 Å². The number of halogens is 3. The van der Waals surface area contributed by atoms with Gasteiger partial charge in [-0.05, 0) is 51.7 Å². The highest BCUT2D eigenvalue weighted by Gasteiger charge is 2.37. The molecule has 0 radical (unpaired) electrons. The first-order valence-electron chi connectivity index (χ1n) is 9.86. The maximum Gasteiger partial charge on any atom is 0.421 e. The summed E-state index contributed by atoms with van der Waals surface area (Å²) < 4.78 is 52.4. The molecule has 0 N–H and O–H groups in total. The highest BCUT2D eigenvalue weighted by molar-refractivity contribution is 5.68. The van der Waals surface area contributed by atoms with Gasteiger partial charge in [0.15, 0.2) is 5.82 Å². The Morgan fingerprint density at radius 1 is 1.10 bits per heavy atom. The smallest absolute Gasteiger partial charge is 0.421 e. The van der Waals surface area contributed by atoms with Crippen LogP contribution in [0.4, 0.5) is 24.7 Å². The normalized spacial score (nSPS) is 15.4. The lowest BCUT2D eigenvalue weighted by Crippen LogP contribution is -2.23. The number of nitrogens with zero attached hydrogens (tertiary/aromatic N) is 3. The lowest BCUT2D eigenvalue weighted by atomic mass is 9.98. The molecule has 0 saturated heterocycles. The van der Waals surface area contributed by atoms with Crippen molar-refractivity contribution in [3.8, 4) is 11.8 Å². The molecule has 158 valence electrons. The molecule has 5 nitrogen and oxygen atoms in total. The Bertz CT molecular complexity index is 821. The average Bonchev–Trinajstić information content (AvgIpc) is 2.67. The first-order valence-corrected chi connectivity index (χ1v) is 9.86. The van der Waals surface area contributed by atoms with Gasteiger partial charge < -0.3 is 14.4 Å². The highest BCUT2D eigenvalue weighted by atomic mass is 19.4. The molecule has 0 unspecified atom stereocenters. The summed E-state index contributed by atoms with van der Waals surface area (Å²) in [6.07, 6.45) is 1.27. The molecule has 0 spiro atoms. The zero-order valence-corrected chi connectivity index (χ0v) is 16.9. The standard InChI is InChI=1S/C21H26F3N3O2/c1-14(2)28-20-25-13-16(21(22,23)24)19(26-20)27(3)17-11-7-8-12-18(17)29-15-9-5-4-6-10-15/h7-8,11-15H,4-6,9-10H2,1-3H3. The Kier molecular flexibility index (Phi) is 6.49. The third kappa shape index (κ3) is 5.31. The van der Waals surface area contributed by atoms with Gasteiger partial charge in [0.2, 0.25) is 0 Å². The van der Waals surface area contributed by atoms with Gasteiger partial charge in [-0.3, -0.25) is 0 Å². The molecule has 1 aliphatic carbocycles. The molecule has 29 heavy (non-hydrogen) atoms. The molecule has 8 heteroatoms. The molecule has 0 atom stereocenters. The van der Waals surface area contributed by atoms with Crippen LogP contribution >= 0.6 is 0 Å². The predicted octanol–water partition coefficient (Wildman–Crippen LogP) is 5.76. The monoisotopic (exact) mass is 409 g/mol. The van der Waals surface area contributed by atoms with E-state index in [0.29, 0.717) is 11.4 Å². The molecule has 0 aliphatic heterocycles. The number of benzene rings is 1. The zero-order chi connectivity index (χ0) is 21.0. The molecule has 1 heterocycles. The van der Waals surface area contributed by atoms with Crippen LogP contribution in [0.15, 0.2) is 30.5 Å². The number of alkyl halides is 3. The molecule has 1 aliphatic rings. The largest absolute Gasteiger partial charge is 0.488 e. The van der Waals surface area contributed by atoms with E-state index in [4.69, 9.17) is 9.47 Å². The predicted molar refractivity (Wildman–Crippen MR) is 105 cm³/mol. The molecule has 3 rings (SSSR count). The molecule has 1 aromatic carbocycles. The molecule has 2 aromatic rings. The lowest BCUT2D eigenvalue weighted by molar-refractivity contribution is -0.137. The van der Waals surface area contributed by atoms with E-state index in [-0.39, 0.29) is 24.0 Å². The van der Waals surface area contributed by atoms with Crippen LogP contribution in [0, 0.1) is 0 Å². The topological polar surface area (TPSA) is 47.5 Å². The number of anilines is 2. The second-order valence-electron chi connectivity index (χ2n) is 7.46. The fourth-order valence-electron chi connectivity index (χ4n) is 3.39. The van der Waals surface area contributed by atoms with Crippen molar-refractivity contribution >= 4 is 11.5 Å². The Balaban J connectivity index is 1.97. The third-order valence-electron chi connectivity index (χ3n) is 4.78. The van der Waals surface area contributed by atoms with Crippen molar-refractivity contribution in [2.75, 3.05) is 11.9 Å². The van der Waals surface area contributed by atoms with Gasteiger partial charge in [0.1, 0.15) is 11.3 Å². The van der Waals surface area contributed by atoms with Crippen molar-refractivity contribution < 1.29 is 22.6 Å². The van der Waals surface area contributed by atoms with Crippen LogP contribution in [0.3, 0.4) is 0 Å². The minimum Gasteiger partial charge on any atom is -0.488 e. The number of ether oxygens (including phenoxy) is 2. The summed E-state index contributed by atoms with van der Waals surface area (Å²) in [6, 6.07) is 6.98. The number of aromatic nitrogens is 2. The van der Waals surface area contributed by atoms with E-state index in [1.807, 2.05) is 6.07 Å². The van der Waals surface area contributed by atoms with Gasteiger partial charge in [0.25, 0.3) is 0 Å². The van der Waals surface area contributed by atoms with Crippen molar-refractivity contribution in [3.63, 3.8) is 0 Å². The number of rotatable bonds is 6. The van der Waals surface area contributed by atoms with E-state index < -0.39 is 11.7 Å². The SMILES string of the molecule is CC(C)Oc1ncc(C(F)(F)F)c(N(C)c2ccccc2OC2CCCCC2)n1. The molecule has 1 aromatic heterocycles. The van der Waals surface area contributed by atoms with Crippen molar-refractivity contribution in [1.29, 1.82) is 0 Å². The average molecular weight is 409 g/mol. The molecular weight excluding hydrogens is 383 g/mol. The van der Waals surface area contributed by atoms with Gasteiger partial charge in [-0.15, -0.1) is 0 Å². The Hall–Kier alpha value is -2.51. The van der Waals surface area contributed by atoms with Gasteiger partial charge in [-0.25, -0.2) is 4.98 Å². The van der Waals surface area contributed by atoms with Crippen molar-refractivity contribution in [1.82, 2.24) is 9.97 Å². The molecule has 0 amide bonds. The van der Waals surface area contributed by atoms with Crippen LogP contribution in [0.5, 0.6) is 11.8 Å². The van der Waals surface area contributed by atoms with Crippen LogP contribution in [-0.2, 0) is 6.18 Å². The summed E-state index contributed by atoms with van der Waals surface area (Å²) in [4.78, 5) is 9.17. The fourth-order valence-corrected chi connectivity index (χ4v) is 3.39. The van der Waals surface area contributed by atoms with E-state index >= 15 is 0 Å². The number of hydrogen-bond donors (Lipinski definition) is 0. The van der Waals surface area contributed by atoms with E-state index in [9.17, 15) is 13.2 Å². The molecule has 0 bridgehead atoms. The zero-order valence-electron chi connectivity index (χ0n) is 16.9. The van der Waals surface area contributed by atoms with Crippen molar-refractivity contribution in [3.05, 3.63) is 36.0 Å². The Morgan fingerprint density at radius 2 is 1.79 bits per heavy atom. The molecule has 1 fully saturated rings. The summed E-state index contributed by atoms with van der Waals surface area (Å²) >= 11 is 0. The quantitative estimate of drug-likeness (QED) is 0.607. The number of hydrogen-bond acceptors (Lipinski definition) is 5. The summed E-state index contributed by atoms with van der Waals surface area (Å²) in [5, 5.41) is 0. The summed E-state index contributed by atoms with van der Waals surface area (Å²) in [6.45, 7) is 3.52. The second kappa shape index (κ2) is 8.88. The third-order valence-corrected chi connectivity index (χ3v) is 4.78. The first kappa shape index (κ1) is 21.2. The van der Waals surface area contributed by atoms with Crippen LogP contribution in [0.2, 0.25) is 0 Å². The minimum atomic E-state index is -4.60. The van der Waals surface area contributed by atoms with Gasteiger partial charge in [-0.1, -0.05) is 18.6 Å². The second-order valence-corrected chi connectivity index (χ2v) is 7.46. The van der Waals surface area contributed by atoms with E-state index in [1.54, 1.807) is 39.1 Å². The van der Waals surface area contributed by atoms with Gasteiger partial charge in [0, 0.05) is 13.2 Å². The summed E-state index contributed by atoms with van der Waals surface area (Å²) in [5.74, 6) is 0.266. The lowest BCUT2D eigenvalue weighted by Gasteiger charge is -2.28.